The van der Waals surface area contributed by atoms with Crippen molar-refractivity contribution in [3.8, 4) is 5.75 Å². The number of rotatable bonds is 2. The van der Waals surface area contributed by atoms with E-state index < -0.39 is 45.5 Å². The quantitative estimate of drug-likeness (QED) is 0.618. The third-order valence-electron chi connectivity index (χ3n) is 3.47. The summed E-state index contributed by atoms with van der Waals surface area (Å²) in [6, 6.07) is 0. The Kier molecular flexibility index (Phi) is 3.42. The Morgan fingerprint density at radius 2 is 2.00 bits per heavy atom. The standard InChI is InChI=1S/C14H11F3N2O4/c1-3-22-14(21)6-4-19-11-7(12(6)20)8(15)9(16)10(17)13(11)23-5-18(19)2/h4H,3,5H2,1-2H3. The van der Waals surface area contributed by atoms with Crippen LogP contribution in [-0.4, -0.2) is 31.0 Å². The zero-order valence-electron chi connectivity index (χ0n) is 12.2. The second-order valence-electron chi connectivity index (χ2n) is 4.86. The van der Waals surface area contributed by atoms with Gasteiger partial charge in [-0.2, -0.15) is 4.39 Å². The lowest BCUT2D eigenvalue weighted by Crippen LogP contribution is -2.40. The van der Waals surface area contributed by atoms with Crippen LogP contribution >= 0.6 is 0 Å². The van der Waals surface area contributed by atoms with Gasteiger partial charge in [-0.05, 0) is 6.92 Å². The van der Waals surface area contributed by atoms with Crippen LogP contribution in [0.3, 0.4) is 0 Å². The summed E-state index contributed by atoms with van der Waals surface area (Å²) in [7, 11) is 1.50. The van der Waals surface area contributed by atoms with Gasteiger partial charge in [-0.25, -0.2) is 13.6 Å². The van der Waals surface area contributed by atoms with Gasteiger partial charge in [0.25, 0.3) is 0 Å². The number of hydrogen-bond donors (Lipinski definition) is 0. The number of esters is 1. The molecule has 1 aliphatic heterocycles. The van der Waals surface area contributed by atoms with E-state index in [1.807, 2.05) is 0 Å². The van der Waals surface area contributed by atoms with Crippen LogP contribution in [-0.2, 0) is 4.74 Å². The molecule has 6 nitrogen and oxygen atoms in total. The Bertz CT molecular complexity index is 894. The molecule has 0 saturated heterocycles. The van der Waals surface area contributed by atoms with Crippen molar-refractivity contribution in [3.63, 3.8) is 0 Å². The van der Waals surface area contributed by atoms with Crippen LogP contribution in [0.4, 0.5) is 13.2 Å². The number of halogens is 3. The van der Waals surface area contributed by atoms with E-state index in [-0.39, 0.29) is 18.9 Å². The van der Waals surface area contributed by atoms with Crippen molar-refractivity contribution in [1.29, 1.82) is 0 Å². The average molecular weight is 328 g/mol. The molecular formula is C14H11F3N2O4. The van der Waals surface area contributed by atoms with Crippen LogP contribution < -0.4 is 15.2 Å². The lowest BCUT2D eigenvalue weighted by Gasteiger charge is -2.30. The third kappa shape index (κ3) is 2.03. The molecule has 0 spiro atoms. The highest BCUT2D eigenvalue weighted by Crippen LogP contribution is 2.34. The van der Waals surface area contributed by atoms with E-state index in [9.17, 15) is 22.8 Å². The molecule has 3 rings (SSSR count). The number of carbonyl (C=O) groups is 1. The van der Waals surface area contributed by atoms with Gasteiger partial charge in [-0.15, -0.1) is 0 Å². The van der Waals surface area contributed by atoms with Gasteiger partial charge < -0.3 is 9.47 Å². The number of hydrogen-bond acceptors (Lipinski definition) is 5. The summed E-state index contributed by atoms with van der Waals surface area (Å²) in [5.74, 6) is -6.59. The Hall–Kier alpha value is -2.71. The average Bonchev–Trinajstić information content (AvgIpc) is 2.52. The molecule has 0 aliphatic carbocycles. The second-order valence-corrected chi connectivity index (χ2v) is 4.86. The van der Waals surface area contributed by atoms with E-state index in [1.165, 1.54) is 19.0 Å². The smallest absolute Gasteiger partial charge is 0.343 e. The molecular weight excluding hydrogens is 317 g/mol. The van der Waals surface area contributed by atoms with Gasteiger partial charge in [0, 0.05) is 13.2 Å². The highest BCUT2D eigenvalue weighted by atomic mass is 19.2. The number of pyridine rings is 1. The van der Waals surface area contributed by atoms with Crippen molar-refractivity contribution < 1.29 is 27.4 Å². The maximum Gasteiger partial charge on any atom is 0.343 e. The van der Waals surface area contributed by atoms with E-state index in [0.29, 0.717) is 0 Å². The molecule has 0 unspecified atom stereocenters. The molecule has 1 aromatic carbocycles. The summed E-state index contributed by atoms with van der Waals surface area (Å²) in [5.41, 5.74) is -1.86. The molecule has 0 bridgehead atoms. The first-order valence-electron chi connectivity index (χ1n) is 6.65. The number of benzene rings is 1. The first kappa shape index (κ1) is 15.2. The predicted molar refractivity (Wildman–Crippen MR) is 73.7 cm³/mol. The van der Waals surface area contributed by atoms with Crippen molar-refractivity contribution >= 4 is 16.9 Å². The topological polar surface area (TPSA) is 60.8 Å². The minimum Gasteiger partial charge on any atom is -0.466 e. The van der Waals surface area contributed by atoms with Gasteiger partial charge >= 0.3 is 5.97 Å². The Morgan fingerprint density at radius 1 is 1.30 bits per heavy atom. The molecule has 0 N–H and O–H groups in total. The highest BCUT2D eigenvalue weighted by Gasteiger charge is 2.31. The normalized spacial score (nSPS) is 13.2. The molecule has 1 aliphatic rings. The van der Waals surface area contributed by atoms with E-state index in [0.717, 1.165) is 10.9 Å². The fourth-order valence-corrected chi connectivity index (χ4v) is 2.41. The fraction of sp³-hybridized carbons (Fsp3) is 0.286. The summed E-state index contributed by atoms with van der Waals surface area (Å²) >= 11 is 0. The van der Waals surface area contributed by atoms with E-state index in [2.05, 4.69) is 0 Å². The van der Waals surface area contributed by atoms with Gasteiger partial charge in [0.05, 0.1) is 12.0 Å². The number of aromatic nitrogens is 1. The van der Waals surface area contributed by atoms with Gasteiger partial charge in [-0.3, -0.25) is 14.5 Å². The number of nitrogens with zero attached hydrogens (tertiary/aromatic N) is 2. The predicted octanol–water partition coefficient (Wildman–Crippen LogP) is 1.51. The monoisotopic (exact) mass is 328 g/mol. The summed E-state index contributed by atoms with van der Waals surface area (Å²) in [4.78, 5) is 24.2. The first-order chi connectivity index (χ1) is 10.9. The van der Waals surface area contributed by atoms with Crippen LogP contribution in [0.2, 0.25) is 0 Å². The zero-order valence-corrected chi connectivity index (χ0v) is 12.2. The summed E-state index contributed by atoms with van der Waals surface area (Å²) in [6.45, 7) is 1.35. The summed E-state index contributed by atoms with van der Waals surface area (Å²) in [5, 5.41) is 0.588. The minimum absolute atomic E-state index is 0.000766. The Balaban J connectivity index is 2.49. The molecule has 0 saturated carbocycles. The van der Waals surface area contributed by atoms with Crippen LogP contribution in [0.15, 0.2) is 11.0 Å². The molecule has 23 heavy (non-hydrogen) atoms. The molecule has 0 atom stereocenters. The summed E-state index contributed by atoms with van der Waals surface area (Å²) in [6.07, 6.45) is 1.09. The number of carbonyl (C=O) groups excluding carboxylic acids is 1. The van der Waals surface area contributed by atoms with Crippen LogP contribution in [0, 0.1) is 17.5 Å². The highest BCUT2D eigenvalue weighted by molar-refractivity contribution is 5.96. The van der Waals surface area contributed by atoms with Gasteiger partial charge in [0.1, 0.15) is 11.1 Å². The third-order valence-corrected chi connectivity index (χ3v) is 3.47. The Labute approximate surface area is 127 Å². The zero-order chi connectivity index (χ0) is 16.9. The van der Waals surface area contributed by atoms with Crippen molar-refractivity contribution in [2.24, 2.45) is 0 Å². The molecule has 2 heterocycles. The molecule has 2 aromatic rings. The largest absolute Gasteiger partial charge is 0.466 e. The lowest BCUT2D eigenvalue weighted by atomic mass is 10.1. The maximum atomic E-state index is 14.1. The minimum atomic E-state index is -1.83. The lowest BCUT2D eigenvalue weighted by molar-refractivity contribution is 0.0524. The molecule has 0 amide bonds. The van der Waals surface area contributed by atoms with Gasteiger partial charge in [0.2, 0.25) is 11.2 Å². The molecule has 0 radical (unpaired) electrons. The molecule has 122 valence electrons. The van der Waals surface area contributed by atoms with Crippen LogP contribution in [0.25, 0.3) is 10.9 Å². The molecule has 0 fully saturated rings. The second kappa shape index (κ2) is 5.18. The van der Waals surface area contributed by atoms with Crippen molar-refractivity contribution in [2.45, 2.75) is 6.92 Å². The van der Waals surface area contributed by atoms with Gasteiger partial charge in [0.15, 0.2) is 24.1 Å². The van der Waals surface area contributed by atoms with Crippen LogP contribution in [0.1, 0.15) is 17.3 Å². The number of ether oxygens (including phenoxy) is 2. The first-order valence-corrected chi connectivity index (χ1v) is 6.65. The van der Waals surface area contributed by atoms with Gasteiger partial charge in [-0.1, -0.05) is 0 Å². The van der Waals surface area contributed by atoms with Crippen molar-refractivity contribution in [3.05, 3.63) is 39.4 Å². The van der Waals surface area contributed by atoms with E-state index >= 15 is 0 Å². The fourth-order valence-electron chi connectivity index (χ4n) is 2.41. The van der Waals surface area contributed by atoms with E-state index in [1.54, 1.807) is 0 Å². The summed E-state index contributed by atoms with van der Waals surface area (Å²) < 4.78 is 52.7. The molecule has 1 aromatic heterocycles. The van der Waals surface area contributed by atoms with E-state index in [4.69, 9.17) is 9.47 Å². The van der Waals surface area contributed by atoms with Crippen LogP contribution in [0.5, 0.6) is 5.75 Å². The van der Waals surface area contributed by atoms with Crippen molar-refractivity contribution in [1.82, 2.24) is 4.68 Å². The molecule has 9 heteroatoms. The maximum absolute atomic E-state index is 14.1. The SMILES string of the molecule is CCOC(=O)c1cn2c3c(c(F)c(F)c(F)c3c1=O)OCN2C. The van der Waals surface area contributed by atoms with Crippen molar-refractivity contribution in [2.75, 3.05) is 25.4 Å². The Morgan fingerprint density at radius 3 is 2.65 bits per heavy atom.